The molecule has 7 nitrogen and oxygen atoms in total. The number of nitrogens with zero attached hydrogens (tertiary/aromatic N) is 1. The molecule has 0 fully saturated rings. The van der Waals surface area contributed by atoms with E-state index in [1.54, 1.807) is 33.8 Å². The van der Waals surface area contributed by atoms with Gasteiger partial charge in [-0.05, 0) is 69.4 Å². The number of pyridine rings is 1. The quantitative estimate of drug-likeness (QED) is 0.482. The molecule has 3 rings (SSSR count). The molecule has 0 unspecified atom stereocenters. The van der Waals surface area contributed by atoms with Crippen LogP contribution in [-0.2, 0) is 22.1 Å². The van der Waals surface area contributed by atoms with Gasteiger partial charge in [0.25, 0.3) is 0 Å². The summed E-state index contributed by atoms with van der Waals surface area (Å²) < 4.78 is 53.2. The predicted octanol–water partition coefficient (Wildman–Crippen LogP) is 5.97. The van der Waals surface area contributed by atoms with Gasteiger partial charge in [0, 0.05) is 11.8 Å². The number of alkyl carbamates (subject to hydrolysis) is 1. The number of amides is 2. The molecule has 1 atom stereocenters. The number of carbonyl (C=O) groups excluding carboxylic acids is 2. The van der Waals surface area contributed by atoms with Crippen LogP contribution in [0, 0.1) is 5.92 Å². The van der Waals surface area contributed by atoms with Crippen LogP contribution in [0.15, 0.2) is 30.5 Å². The summed E-state index contributed by atoms with van der Waals surface area (Å²) in [6, 6.07) is 5.37. The third-order valence-electron chi connectivity index (χ3n) is 5.45. The zero-order valence-electron chi connectivity index (χ0n) is 21.3. The minimum atomic E-state index is -4.69. The summed E-state index contributed by atoms with van der Waals surface area (Å²) in [4.78, 5) is 28.3. The second-order valence-corrected chi connectivity index (χ2v) is 10.7. The van der Waals surface area contributed by atoms with E-state index in [9.17, 15) is 22.8 Å². The lowest BCUT2D eigenvalue weighted by Crippen LogP contribution is -2.52. The summed E-state index contributed by atoms with van der Waals surface area (Å²) in [5.41, 5.74) is -1.32. The van der Waals surface area contributed by atoms with Crippen LogP contribution in [0.2, 0.25) is 0 Å². The minimum absolute atomic E-state index is 0.0437. The highest BCUT2D eigenvalue weighted by atomic mass is 19.4. The number of aromatic nitrogens is 1. The molecule has 2 heterocycles. The first-order valence-electron chi connectivity index (χ1n) is 11.7. The molecule has 196 valence electrons. The van der Waals surface area contributed by atoms with Gasteiger partial charge in [0.15, 0.2) is 0 Å². The SMILES string of the molecule is CC(C)C[C@@](C)(COc1ccc(-c2ccnc3c2CC(=O)N3)cc1C(F)(F)F)NC(=O)OC(C)(C)C. The van der Waals surface area contributed by atoms with Crippen molar-refractivity contribution in [2.24, 2.45) is 5.92 Å². The van der Waals surface area contributed by atoms with Crippen molar-refractivity contribution in [2.45, 2.75) is 71.7 Å². The number of benzene rings is 1. The van der Waals surface area contributed by atoms with Crippen molar-refractivity contribution in [3.8, 4) is 16.9 Å². The fourth-order valence-corrected chi connectivity index (χ4v) is 4.27. The maximum absolute atomic E-state index is 14.1. The Kier molecular flexibility index (Phi) is 7.57. The topological polar surface area (TPSA) is 89.5 Å². The van der Waals surface area contributed by atoms with E-state index >= 15 is 0 Å². The van der Waals surface area contributed by atoms with E-state index in [0.29, 0.717) is 28.9 Å². The van der Waals surface area contributed by atoms with E-state index in [4.69, 9.17) is 9.47 Å². The maximum atomic E-state index is 14.1. The van der Waals surface area contributed by atoms with Gasteiger partial charge in [-0.1, -0.05) is 19.9 Å². The number of hydrogen-bond donors (Lipinski definition) is 2. The van der Waals surface area contributed by atoms with Crippen LogP contribution >= 0.6 is 0 Å². The van der Waals surface area contributed by atoms with Gasteiger partial charge >= 0.3 is 12.3 Å². The van der Waals surface area contributed by atoms with E-state index in [1.807, 2.05) is 13.8 Å². The Balaban J connectivity index is 1.90. The molecule has 0 aliphatic carbocycles. The zero-order valence-corrected chi connectivity index (χ0v) is 21.3. The average molecular weight is 508 g/mol. The van der Waals surface area contributed by atoms with Crippen molar-refractivity contribution in [3.05, 3.63) is 41.6 Å². The highest BCUT2D eigenvalue weighted by molar-refractivity contribution is 6.00. The average Bonchev–Trinajstić information content (AvgIpc) is 3.09. The van der Waals surface area contributed by atoms with Gasteiger partial charge in [-0.15, -0.1) is 0 Å². The van der Waals surface area contributed by atoms with Crippen LogP contribution < -0.4 is 15.4 Å². The van der Waals surface area contributed by atoms with E-state index < -0.39 is 29.0 Å². The Morgan fingerprint density at radius 2 is 1.86 bits per heavy atom. The van der Waals surface area contributed by atoms with Crippen LogP contribution in [0.3, 0.4) is 0 Å². The molecule has 2 amide bonds. The first kappa shape index (κ1) is 27.3. The van der Waals surface area contributed by atoms with Crippen molar-refractivity contribution in [1.29, 1.82) is 0 Å². The van der Waals surface area contributed by atoms with Gasteiger partial charge in [-0.25, -0.2) is 9.78 Å². The summed E-state index contributed by atoms with van der Waals surface area (Å²) >= 11 is 0. The van der Waals surface area contributed by atoms with Crippen molar-refractivity contribution >= 4 is 17.8 Å². The Morgan fingerprint density at radius 3 is 2.47 bits per heavy atom. The highest BCUT2D eigenvalue weighted by Gasteiger charge is 2.37. The molecule has 2 aromatic rings. The lowest BCUT2D eigenvalue weighted by molar-refractivity contribution is -0.139. The fraction of sp³-hybridized carbons (Fsp3) is 0.500. The number of nitrogens with one attached hydrogen (secondary N) is 2. The Hall–Kier alpha value is -3.30. The van der Waals surface area contributed by atoms with Crippen molar-refractivity contribution < 1.29 is 32.2 Å². The number of hydrogen-bond acceptors (Lipinski definition) is 5. The van der Waals surface area contributed by atoms with Crippen LogP contribution in [0.1, 0.15) is 59.1 Å². The molecule has 36 heavy (non-hydrogen) atoms. The second-order valence-electron chi connectivity index (χ2n) is 10.7. The molecule has 0 spiro atoms. The molecule has 0 saturated carbocycles. The third kappa shape index (κ3) is 6.89. The van der Waals surface area contributed by atoms with Crippen LogP contribution in [0.4, 0.5) is 23.8 Å². The third-order valence-corrected chi connectivity index (χ3v) is 5.45. The van der Waals surface area contributed by atoms with Crippen molar-refractivity contribution in [2.75, 3.05) is 11.9 Å². The number of carbonyl (C=O) groups is 2. The molecule has 1 aliphatic rings. The van der Waals surface area contributed by atoms with Gasteiger partial charge < -0.3 is 20.1 Å². The first-order chi connectivity index (χ1) is 16.6. The van der Waals surface area contributed by atoms with E-state index in [1.165, 1.54) is 18.3 Å². The maximum Gasteiger partial charge on any atom is 0.419 e. The molecule has 0 bridgehead atoms. The molecule has 0 saturated heterocycles. The number of halogens is 3. The molecule has 1 aromatic heterocycles. The van der Waals surface area contributed by atoms with Gasteiger partial charge in [-0.2, -0.15) is 13.2 Å². The lowest BCUT2D eigenvalue weighted by atomic mass is 9.91. The number of ether oxygens (including phenoxy) is 2. The standard InChI is InChI=1S/C26H32F3N3O4/c1-15(2)13-25(6,32-23(34)36-24(3,4)5)14-35-20-8-7-16(11-19(20)26(27,28)29)17-9-10-30-22-18(17)12-21(33)31-22/h7-11,15H,12-14H2,1-6H3,(H,32,34)(H,30,31,33)/t25-/m0/s1. The predicted molar refractivity (Wildman–Crippen MR) is 130 cm³/mol. The summed E-state index contributed by atoms with van der Waals surface area (Å²) in [5.74, 6) is -0.137. The number of rotatable bonds is 7. The van der Waals surface area contributed by atoms with Gasteiger partial charge in [0.2, 0.25) is 5.91 Å². The van der Waals surface area contributed by atoms with E-state index in [0.717, 1.165) is 6.07 Å². The smallest absolute Gasteiger partial charge is 0.419 e. The van der Waals surface area contributed by atoms with E-state index in [-0.39, 0.29) is 30.6 Å². The van der Waals surface area contributed by atoms with E-state index in [2.05, 4.69) is 15.6 Å². The summed E-state index contributed by atoms with van der Waals surface area (Å²) in [5, 5.41) is 5.37. The van der Waals surface area contributed by atoms with Crippen LogP contribution in [0.25, 0.3) is 11.1 Å². The summed E-state index contributed by atoms with van der Waals surface area (Å²) in [6.45, 7) is 10.6. The molecule has 2 N–H and O–H groups in total. The molecule has 1 aromatic carbocycles. The molecular weight excluding hydrogens is 475 g/mol. The first-order valence-corrected chi connectivity index (χ1v) is 11.7. The largest absolute Gasteiger partial charge is 0.491 e. The number of alkyl halides is 3. The molecular formula is C26H32F3N3O4. The lowest BCUT2D eigenvalue weighted by Gasteiger charge is -2.33. The van der Waals surface area contributed by atoms with Crippen LogP contribution in [0.5, 0.6) is 5.75 Å². The molecule has 1 aliphatic heterocycles. The Bertz CT molecular complexity index is 1140. The van der Waals surface area contributed by atoms with Gasteiger partial charge in [-0.3, -0.25) is 4.79 Å². The normalized spacial score (nSPS) is 15.2. The fourth-order valence-electron chi connectivity index (χ4n) is 4.27. The number of fused-ring (bicyclic) bond motifs is 1. The van der Waals surface area contributed by atoms with Crippen LogP contribution in [-0.4, -0.2) is 34.7 Å². The molecule has 0 radical (unpaired) electrons. The van der Waals surface area contributed by atoms with Gasteiger partial charge in [0.05, 0.1) is 17.5 Å². The molecule has 10 heteroatoms. The monoisotopic (exact) mass is 507 g/mol. The zero-order chi connectivity index (χ0) is 26.9. The Morgan fingerprint density at radius 1 is 1.17 bits per heavy atom. The minimum Gasteiger partial charge on any atom is -0.491 e. The van der Waals surface area contributed by atoms with Crippen molar-refractivity contribution in [3.63, 3.8) is 0 Å². The summed E-state index contributed by atoms with van der Waals surface area (Å²) in [7, 11) is 0. The summed E-state index contributed by atoms with van der Waals surface area (Å²) in [6.07, 6.45) is -3.42. The second kappa shape index (κ2) is 9.99. The number of anilines is 1. The van der Waals surface area contributed by atoms with Crippen molar-refractivity contribution in [1.82, 2.24) is 10.3 Å². The van der Waals surface area contributed by atoms with Gasteiger partial charge in [0.1, 0.15) is 23.8 Å². The highest BCUT2D eigenvalue weighted by Crippen LogP contribution is 2.41. The Labute approximate surface area is 208 Å².